The fraction of sp³-hybridized carbons (Fsp3) is 0.375. The van der Waals surface area contributed by atoms with Crippen LogP contribution in [0.25, 0.3) is 0 Å². The highest BCUT2D eigenvalue weighted by Crippen LogP contribution is 2.28. The van der Waals surface area contributed by atoms with E-state index in [1.165, 1.54) is 0 Å². The molecule has 1 atom stereocenters. The maximum Gasteiger partial charge on any atom is 0.338 e. The van der Waals surface area contributed by atoms with Crippen LogP contribution in [0.5, 0.6) is 5.75 Å². The summed E-state index contributed by atoms with van der Waals surface area (Å²) < 4.78 is 5.35. The van der Waals surface area contributed by atoms with Gasteiger partial charge in [0.1, 0.15) is 5.75 Å². The van der Waals surface area contributed by atoms with Crippen LogP contribution in [-0.4, -0.2) is 22.8 Å². The van der Waals surface area contributed by atoms with E-state index in [1.54, 1.807) is 31.2 Å². The van der Waals surface area contributed by atoms with E-state index in [1.807, 2.05) is 13.8 Å². The van der Waals surface area contributed by atoms with Crippen molar-refractivity contribution in [1.29, 1.82) is 0 Å². The Balaban J connectivity index is 2.32. The summed E-state index contributed by atoms with van der Waals surface area (Å²) in [7, 11) is 0. The minimum absolute atomic E-state index is 0.171. The minimum atomic E-state index is -0.394. The number of nitrogens with one attached hydrogen (secondary N) is 2. The lowest BCUT2D eigenvalue weighted by Crippen LogP contribution is -2.45. The molecular weight excluding hydrogens is 300 g/mol. The average molecular weight is 320 g/mol. The Morgan fingerprint density at radius 1 is 1.36 bits per heavy atom. The summed E-state index contributed by atoms with van der Waals surface area (Å²) in [5.41, 5.74) is 2.01. The van der Waals surface area contributed by atoms with Crippen molar-refractivity contribution in [3.63, 3.8) is 0 Å². The molecule has 0 spiro atoms. The molecule has 1 unspecified atom stereocenters. The van der Waals surface area contributed by atoms with Gasteiger partial charge in [-0.05, 0) is 42.8 Å². The highest BCUT2D eigenvalue weighted by Gasteiger charge is 2.30. The maximum atomic E-state index is 12.4. The smallest absolute Gasteiger partial charge is 0.338 e. The Hall–Kier alpha value is -2.08. The fourth-order valence-corrected chi connectivity index (χ4v) is 2.47. The summed E-state index contributed by atoms with van der Waals surface area (Å²) in [6.07, 6.45) is 0. The molecule has 1 aromatic rings. The lowest BCUT2D eigenvalue weighted by molar-refractivity contribution is -0.140. The molecule has 118 valence electrons. The van der Waals surface area contributed by atoms with E-state index in [0.717, 1.165) is 5.56 Å². The van der Waals surface area contributed by atoms with Gasteiger partial charge in [0, 0.05) is 5.70 Å². The molecule has 0 saturated heterocycles. The van der Waals surface area contributed by atoms with Crippen LogP contribution in [0, 0.1) is 5.92 Å². The average Bonchev–Trinajstić information content (AvgIpc) is 2.44. The van der Waals surface area contributed by atoms with Gasteiger partial charge in [-0.3, -0.25) is 0 Å². The van der Waals surface area contributed by atoms with Crippen LogP contribution < -0.4 is 10.6 Å². The molecule has 1 aliphatic heterocycles. The van der Waals surface area contributed by atoms with Crippen molar-refractivity contribution in [1.82, 2.24) is 10.6 Å². The maximum absolute atomic E-state index is 12.4. The van der Waals surface area contributed by atoms with Gasteiger partial charge < -0.3 is 20.5 Å². The first-order valence-electron chi connectivity index (χ1n) is 7.12. The molecule has 1 heterocycles. The first-order valence-corrected chi connectivity index (χ1v) is 7.53. The Labute approximate surface area is 135 Å². The normalized spacial score (nSPS) is 18.0. The van der Waals surface area contributed by atoms with E-state index in [4.69, 9.17) is 17.0 Å². The highest BCUT2D eigenvalue weighted by atomic mass is 32.1. The van der Waals surface area contributed by atoms with Crippen molar-refractivity contribution in [2.75, 3.05) is 6.61 Å². The minimum Gasteiger partial charge on any atom is -0.508 e. The van der Waals surface area contributed by atoms with Gasteiger partial charge in [0.2, 0.25) is 0 Å². The predicted octanol–water partition coefficient (Wildman–Crippen LogP) is 2.38. The predicted molar refractivity (Wildman–Crippen MR) is 88.2 cm³/mol. The van der Waals surface area contributed by atoms with Crippen LogP contribution in [0.1, 0.15) is 32.4 Å². The molecule has 5 nitrogen and oxygen atoms in total. The van der Waals surface area contributed by atoms with Gasteiger partial charge in [-0.2, -0.15) is 0 Å². The first kappa shape index (κ1) is 16.3. The van der Waals surface area contributed by atoms with Crippen molar-refractivity contribution in [3.05, 3.63) is 41.1 Å². The number of phenols is 1. The molecule has 22 heavy (non-hydrogen) atoms. The number of thiocarbonyl (C=S) groups is 1. The van der Waals surface area contributed by atoms with Gasteiger partial charge >= 0.3 is 5.97 Å². The van der Waals surface area contributed by atoms with Crippen LogP contribution in [0.15, 0.2) is 35.5 Å². The summed E-state index contributed by atoms with van der Waals surface area (Å²) in [5, 5.41) is 15.9. The summed E-state index contributed by atoms with van der Waals surface area (Å²) >= 11 is 5.17. The highest BCUT2D eigenvalue weighted by molar-refractivity contribution is 7.80. The number of benzene rings is 1. The summed E-state index contributed by atoms with van der Waals surface area (Å²) in [6, 6.07) is 6.27. The molecule has 1 aliphatic rings. The van der Waals surface area contributed by atoms with Crippen molar-refractivity contribution in [3.8, 4) is 5.75 Å². The lowest BCUT2D eigenvalue weighted by Gasteiger charge is -2.30. The number of rotatable bonds is 4. The number of phenolic OH excluding ortho intramolecular Hbond substituents is 1. The van der Waals surface area contributed by atoms with Crippen molar-refractivity contribution >= 4 is 23.3 Å². The van der Waals surface area contributed by atoms with Gasteiger partial charge in [-0.1, -0.05) is 26.0 Å². The van der Waals surface area contributed by atoms with Crippen LogP contribution in [-0.2, 0) is 9.53 Å². The standard InChI is InChI=1S/C16H20N2O3S/c1-9(2)8-21-15(20)13-10(3)17-16(22)18-14(13)11-4-6-12(19)7-5-11/h4-7,9,14,19H,8H2,1-3H3,(H2,17,18,22). The molecular formula is C16H20N2O3S. The zero-order valence-corrected chi connectivity index (χ0v) is 13.7. The number of hydrogen-bond acceptors (Lipinski definition) is 4. The quantitative estimate of drug-likeness (QED) is 0.584. The molecule has 0 bridgehead atoms. The fourth-order valence-electron chi connectivity index (χ4n) is 2.20. The number of esters is 1. The Morgan fingerprint density at radius 2 is 2.00 bits per heavy atom. The second-order valence-corrected chi connectivity index (χ2v) is 6.06. The number of aromatic hydroxyl groups is 1. The molecule has 1 aromatic carbocycles. The van der Waals surface area contributed by atoms with Gasteiger partial charge in [0.05, 0.1) is 18.2 Å². The topological polar surface area (TPSA) is 70.6 Å². The lowest BCUT2D eigenvalue weighted by atomic mass is 9.95. The third-order valence-electron chi connectivity index (χ3n) is 3.26. The van der Waals surface area contributed by atoms with Crippen molar-refractivity contribution < 1.29 is 14.6 Å². The van der Waals surface area contributed by atoms with E-state index in [9.17, 15) is 9.90 Å². The van der Waals surface area contributed by atoms with Gasteiger partial charge in [0.15, 0.2) is 5.11 Å². The molecule has 0 amide bonds. The third-order valence-corrected chi connectivity index (χ3v) is 3.48. The molecule has 0 aromatic heterocycles. The van der Waals surface area contributed by atoms with Gasteiger partial charge in [-0.25, -0.2) is 4.79 Å². The molecule has 0 fully saturated rings. The molecule has 0 radical (unpaired) electrons. The number of carbonyl (C=O) groups excluding carboxylic acids is 1. The number of ether oxygens (including phenoxy) is 1. The van der Waals surface area contributed by atoms with Gasteiger partial charge in [0.25, 0.3) is 0 Å². The Kier molecular flexibility index (Phi) is 5.03. The van der Waals surface area contributed by atoms with Gasteiger partial charge in [-0.15, -0.1) is 0 Å². The molecule has 0 saturated carbocycles. The Bertz CT molecular complexity index is 608. The van der Waals surface area contributed by atoms with E-state index < -0.39 is 6.04 Å². The monoisotopic (exact) mass is 320 g/mol. The van der Waals surface area contributed by atoms with Crippen LogP contribution in [0.4, 0.5) is 0 Å². The third kappa shape index (κ3) is 3.76. The molecule has 3 N–H and O–H groups in total. The van der Waals surface area contributed by atoms with Crippen LogP contribution >= 0.6 is 12.2 Å². The second kappa shape index (κ2) is 6.79. The van der Waals surface area contributed by atoms with E-state index in [-0.39, 0.29) is 17.6 Å². The number of allylic oxidation sites excluding steroid dienone is 1. The summed E-state index contributed by atoms with van der Waals surface area (Å²) in [5.74, 6) is 0.0687. The SMILES string of the molecule is CC1=C(C(=O)OCC(C)C)C(c2ccc(O)cc2)NC(=S)N1. The van der Waals surface area contributed by atoms with E-state index in [0.29, 0.717) is 23.0 Å². The van der Waals surface area contributed by atoms with Crippen molar-refractivity contribution in [2.45, 2.75) is 26.8 Å². The van der Waals surface area contributed by atoms with Crippen LogP contribution in [0.3, 0.4) is 0 Å². The molecule has 0 aliphatic carbocycles. The van der Waals surface area contributed by atoms with Crippen LogP contribution in [0.2, 0.25) is 0 Å². The second-order valence-electron chi connectivity index (χ2n) is 5.65. The largest absolute Gasteiger partial charge is 0.508 e. The van der Waals surface area contributed by atoms with E-state index >= 15 is 0 Å². The molecule has 6 heteroatoms. The Morgan fingerprint density at radius 3 is 2.59 bits per heavy atom. The summed E-state index contributed by atoms with van der Waals surface area (Å²) in [4.78, 5) is 12.4. The first-order chi connectivity index (χ1) is 10.4. The zero-order chi connectivity index (χ0) is 16.3. The van der Waals surface area contributed by atoms with E-state index in [2.05, 4.69) is 10.6 Å². The van der Waals surface area contributed by atoms with Crippen molar-refractivity contribution in [2.24, 2.45) is 5.92 Å². The number of carbonyl (C=O) groups is 1. The molecule has 2 rings (SSSR count). The zero-order valence-electron chi connectivity index (χ0n) is 12.8. The summed E-state index contributed by atoms with van der Waals surface area (Å²) in [6.45, 7) is 6.13. The number of hydrogen-bond donors (Lipinski definition) is 3.